The third-order valence-electron chi connectivity index (χ3n) is 3.68. The van der Waals surface area contributed by atoms with Gasteiger partial charge in [0.05, 0.1) is 18.3 Å². The third-order valence-corrected chi connectivity index (χ3v) is 4.40. The Balaban J connectivity index is 1.46. The highest BCUT2D eigenvalue weighted by Crippen LogP contribution is 2.14. The third kappa shape index (κ3) is 5.93. The van der Waals surface area contributed by atoms with Crippen molar-refractivity contribution < 1.29 is 9.53 Å². The highest BCUT2D eigenvalue weighted by Gasteiger charge is 2.05. The van der Waals surface area contributed by atoms with Gasteiger partial charge in [-0.15, -0.1) is 11.3 Å². The average molecular weight is 380 g/mol. The van der Waals surface area contributed by atoms with Crippen molar-refractivity contribution in [3.8, 4) is 5.75 Å². The molecule has 1 heterocycles. The van der Waals surface area contributed by atoms with Crippen LogP contribution in [0.25, 0.3) is 0 Å². The first-order valence-corrected chi connectivity index (χ1v) is 9.26. The lowest BCUT2D eigenvalue weighted by Gasteiger charge is -2.07. The molecule has 0 aliphatic rings. The minimum atomic E-state index is -0.241. The summed E-state index contributed by atoms with van der Waals surface area (Å²) in [6, 6.07) is 15.7. The summed E-state index contributed by atoms with van der Waals surface area (Å²) in [7, 11) is 0. The fourth-order valence-electron chi connectivity index (χ4n) is 2.41. The van der Waals surface area contributed by atoms with E-state index < -0.39 is 0 Å². The number of aromatic nitrogens is 1. The molecule has 0 atom stereocenters. The number of hydrogen-bond acceptors (Lipinski definition) is 6. The quantitative estimate of drug-likeness (QED) is 0.486. The Labute approximate surface area is 161 Å². The number of hydrazone groups is 1. The van der Waals surface area contributed by atoms with Gasteiger partial charge in [-0.1, -0.05) is 29.8 Å². The van der Waals surface area contributed by atoms with Crippen LogP contribution in [0.1, 0.15) is 22.4 Å². The fourth-order valence-corrected chi connectivity index (χ4v) is 2.97. The van der Waals surface area contributed by atoms with Crippen molar-refractivity contribution in [3.63, 3.8) is 0 Å². The molecule has 1 aromatic heterocycles. The number of anilines is 1. The SMILES string of the molecule is Cc1cccc(COc2ccc(/C=N/NC(=O)Cc3csc(N)n3)cc2)c1. The molecule has 0 unspecified atom stereocenters. The zero-order chi connectivity index (χ0) is 19.1. The van der Waals surface area contributed by atoms with E-state index in [1.807, 2.05) is 36.4 Å². The number of thiazole rings is 1. The summed E-state index contributed by atoms with van der Waals surface area (Å²) in [5, 5.41) is 6.16. The van der Waals surface area contributed by atoms with Crippen LogP contribution in [0, 0.1) is 6.92 Å². The van der Waals surface area contributed by atoms with Crippen LogP contribution < -0.4 is 15.9 Å². The van der Waals surface area contributed by atoms with E-state index in [0.717, 1.165) is 16.9 Å². The summed E-state index contributed by atoms with van der Waals surface area (Å²) in [5.41, 5.74) is 11.9. The first-order chi connectivity index (χ1) is 13.1. The molecule has 3 rings (SSSR count). The van der Waals surface area contributed by atoms with Gasteiger partial charge in [-0.25, -0.2) is 10.4 Å². The molecule has 0 bridgehead atoms. The molecule has 6 nitrogen and oxygen atoms in total. The van der Waals surface area contributed by atoms with E-state index in [4.69, 9.17) is 10.5 Å². The van der Waals surface area contributed by atoms with Crippen molar-refractivity contribution in [1.82, 2.24) is 10.4 Å². The summed E-state index contributed by atoms with van der Waals surface area (Å²) in [5.74, 6) is 0.536. The van der Waals surface area contributed by atoms with Crippen molar-refractivity contribution in [2.75, 3.05) is 5.73 Å². The number of nitrogens with one attached hydrogen (secondary N) is 1. The normalized spacial score (nSPS) is 10.9. The number of nitrogen functional groups attached to an aromatic ring is 1. The van der Waals surface area contributed by atoms with Gasteiger partial charge in [0.1, 0.15) is 12.4 Å². The van der Waals surface area contributed by atoms with Crippen molar-refractivity contribution in [2.24, 2.45) is 5.10 Å². The molecule has 2 aromatic carbocycles. The Kier molecular flexibility index (Phi) is 6.17. The molecule has 138 valence electrons. The minimum absolute atomic E-state index is 0.150. The molecule has 0 aliphatic carbocycles. The van der Waals surface area contributed by atoms with Crippen LogP contribution in [-0.4, -0.2) is 17.1 Å². The number of carbonyl (C=O) groups is 1. The van der Waals surface area contributed by atoms with Crippen LogP contribution in [0.2, 0.25) is 0 Å². The molecule has 1 amide bonds. The van der Waals surface area contributed by atoms with Crippen LogP contribution in [0.4, 0.5) is 5.13 Å². The predicted octanol–water partition coefficient (Wildman–Crippen LogP) is 3.31. The second kappa shape index (κ2) is 8.95. The Hall–Kier alpha value is -3.19. The van der Waals surface area contributed by atoms with Gasteiger partial charge in [-0.2, -0.15) is 5.10 Å². The monoisotopic (exact) mass is 380 g/mol. The standard InChI is InChI=1S/C20H20N4O2S/c1-14-3-2-4-16(9-14)12-26-18-7-5-15(6-8-18)11-22-24-19(25)10-17-13-27-20(21)23-17/h2-9,11,13H,10,12H2,1H3,(H2,21,23)(H,24,25)/b22-11+. The summed E-state index contributed by atoms with van der Waals surface area (Å²) in [4.78, 5) is 15.8. The predicted molar refractivity (Wildman–Crippen MR) is 108 cm³/mol. The first-order valence-electron chi connectivity index (χ1n) is 8.39. The van der Waals surface area contributed by atoms with Crippen molar-refractivity contribution >= 4 is 28.6 Å². The van der Waals surface area contributed by atoms with E-state index in [9.17, 15) is 4.79 Å². The van der Waals surface area contributed by atoms with Gasteiger partial charge in [0, 0.05) is 5.38 Å². The molecule has 0 radical (unpaired) electrons. The molecule has 0 spiro atoms. The minimum Gasteiger partial charge on any atom is -0.489 e. The highest BCUT2D eigenvalue weighted by atomic mass is 32.1. The number of nitrogens with two attached hydrogens (primary N) is 1. The smallest absolute Gasteiger partial charge is 0.246 e. The second-order valence-corrected chi connectivity index (χ2v) is 6.88. The molecular weight excluding hydrogens is 360 g/mol. The Morgan fingerprint density at radius 3 is 2.81 bits per heavy atom. The summed E-state index contributed by atoms with van der Waals surface area (Å²) >= 11 is 1.31. The van der Waals surface area contributed by atoms with Crippen molar-refractivity contribution in [1.29, 1.82) is 0 Å². The lowest BCUT2D eigenvalue weighted by molar-refractivity contribution is -0.120. The van der Waals surface area contributed by atoms with Gasteiger partial charge in [-0.05, 0) is 42.3 Å². The van der Waals surface area contributed by atoms with E-state index >= 15 is 0 Å². The molecule has 3 N–H and O–H groups in total. The van der Waals surface area contributed by atoms with E-state index in [0.29, 0.717) is 17.4 Å². The zero-order valence-corrected chi connectivity index (χ0v) is 15.7. The average Bonchev–Trinajstić information content (AvgIpc) is 3.06. The number of benzene rings is 2. The molecule has 7 heteroatoms. The number of rotatable bonds is 7. The van der Waals surface area contributed by atoms with Gasteiger partial charge in [0.2, 0.25) is 5.91 Å². The van der Waals surface area contributed by atoms with Gasteiger partial charge in [0.15, 0.2) is 5.13 Å². The number of hydrogen-bond donors (Lipinski definition) is 2. The second-order valence-electron chi connectivity index (χ2n) is 5.99. The molecule has 0 aliphatic heterocycles. The Bertz CT molecular complexity index is 935. The van der Waals surface area contributed by atoms with Crippen molar-refractivity contribution in [2.45, 2.75) is 20.0 Å². The van der Waals surface area contributed by atoms with E-state index in [2.05, 4.69) is 34.6 Å². The number of aryl methyl sites for hydroxylation is 1. The van der Waals surface area contributed by atoms with E-state index in [-0.39, 0.29) is 12.3 Å². The van der Waals surface area contributed by atoms with Gasteiger partial charge in [0.25, 0.3) is 0 Å². The number of ether oxygens (including phenoxy) is 1. The van der Waals surface area contributed by atoms with E-state index in [1.54, 1.807) is 11.6 Å². The maximum Gasteiger partial charge on any atom is 0.246 e. The zero-order valence-electron chi connectivity index (χ0n) is 14.9. The number of nitrogens with zero attached hydrogens (tertiary/aromatic N) is 2. The van der Waals surface area contributed by atoms with Crippen LogP contribution in [0.3, 0.4) is 0 Å². The molecule has 0 saturated heterocycles. The molecule has 3 aromatic rings. The Morgan fingerprint density at radius 1 is 1.30 bits per heavy atom. The lowest BCUT2D eigenvalue weighted by Crippen LogP contribution is -2.19. The molecule has 0 fully saturated rings. The summed E-state index contributed by atoms with van der Waals surface area (Å²) in [6.45, 7) is 2.58. The van der Waals surface area contributed by atoms with Gasteiger partial charge in [-0.3, -0.25) is 4.79 Å². The fraction of sp³-hybridized carbons (Fsp3) is 0.150. The van der Waals surface area contributed by atoms with Gasteiger partial charge >= 0.3 is 0 Å². The van der Waals surface area contributed by atoms with Crippen molar-refractivity contribution in [3.05, 3.63) is 76.3 Å². The highest BCUT2D eigenvalue weighted by molar-refractivity contribution is 7.13. The Morgan fingerprint density at radius 2 is 2.11 bits per heavy atom. The van der Waals surface area contributed by atoms with E-state index in [1.165, 1.54) is 16.9 Å². The number of amides is 1. The molecule has 0 saturated carbocycles. The van der Waals surface area contributed by atoms with Crippen LogP contribution in [0.5, 0.6) is 5.75 Å². The lowest BCUT2D eigenvalue weighted by atomic mass is 10.1. The molecular formula is C20H20N4O2S. The van der Waals surface area contributed by atoms with Crippen LogP contribution in [0.15, 0.2) is 59.0 Å². The number of carbonyl (C=O) groups excluding carboxylic acids is 1. The van der Waals surface area contributed by atoms with Gasteiger partial charge < -0.3 is 10.5 Å². The van der Waals surface area contributed by atoms with Crippen LogP contribution in [-0.2, 0) is 17.8 Å². The first kappa shape index (κ1) is 18.6. The topological polar surface area (TPSA) is 89.6 Å². The summed E-state index contributed by atoms with van der Waals surface area (Å²) < 4.78 is 5.78. The van der Waals surface area contributed by atoms with Crippen LogP contribution >= 0.6 is 11.3 Å². The maximum atomic E-state index is 11.8. The molecule has 27 heavy (non-hydrogen) atoms. The largest absolute Gasteiger partial charge is 0.489 e. The summed E-state index contributed by atoms with van der Waals surface area (Å²) in [6.07, 6.45) is 1.73. The maximum absolute atomic E-state index is 11.8.